The van der Waals surface area contributed by atoms with E-state index in [1.165, 1.54) is 12.8 Å². The van der Waals surface area contributed by atoms with Gasteiger partial charge < -0.3 is 15.5 Å². The molecule has 1 aliphatic rings. The average Bonchev–Trinajstić information content (AvgIpc) is 3.26. The van der Waals surface area contributed by atoms with Crippen LogP contribution in [0.25, 0.3) is 0 Å². The first-order valence-electron chi connectivity index (χ1n) is 8.00. The number of urea groups is 1. The summed E-state index contributed by atoms with van der Waals surface area (Å²) in [5, 5.41) is 7.89. The second kappa shape index (κ2) is 7.46. The Hall–Kier alpha value is -2.08. The number of hydrogen-bond acceptors (Lipinski definition) is 4. The van der Waals surface area contributed by atoms with Crippen molar-refractivity contribution in [3.63, 3.8) is 0 Å². The van der Waals surface area contributed by atoms with Gasteiger partial charge in [-0.1, -0.05) is 6.07 Å². The third kappa shape index (κ3) is 4.22. The number of carbonyl (C=O) groups is 1. The van der Waals surface area contributed by atoms with Gasteiger partial charge in [0.1, 0.15) is 5.82 Å². The van der Waals surface area contributed by atoms with Crippen LogP contribution in [-0.2, 0) is 6.54 Å². The van der Waals surface area contributed by atoms with Crippen LogP contribution in [-0.4, -0.2) is 24.1 Å². The van der Waals surface area contributed by atoms with Crippen LogP contribution in [0.3, 0.4) is 0 Å². The smallest absolute Gasteiger partial charge is 0.315 e. The van der Waals surface area contributed by atoms with Crippen LogP contribution in [0, 0.1) is 0 Å². The molecule has 0 radical (unpaired) electrons. The standard InChI is InChI=1S/C17H22N4OS/c1-13(15-5-4-10-23-15)20-17(22)19-12-14-6-7-18-16(11-14)21-8-2-3-9-21/h4-7,10-11,13H,2-3,8-9,12H2,1H3,(H2,19,20,22)/t13-/m1/s1. The van der Waals surface area contributed by atoms with E-state index in [2.05, 4.69) is 26.6 Å². The summed E-state index contributed by atoms with van der Waals surface area (Å²) in [6.07, 6.45) is 4.27. The van der Waals surface area contributed by atoms with Crippen LogP contribution in [0.5, 0.6) is 0 Å². The van der Waals surface area contributed by atoms with Crippen molar-refractivity contribution < 1.29 is 4.79 Å². The maximum atomic E-state index is 12.0. The van der Waals surface area contributed by atoms with Crippen molar-refractivity contribution in [3.05, 3.63) is 46.3 Å². The SMILES string of the molecule is C[C@@H](NC(=O)NCc1ccnc(N2CCCC2)c1)c1cccs1. The summed E-state index contributed by atoms with van der Waals surface area (Å²) in [6.45, 7) is 4.64. The third-order valence-corrected chi connectivity index (χ3v) is 5.07. The minimum atomic E-state index is -0.148. The number of nitrogens with zero attached hydrogens (tertiary/aromatic N) is 2. The molecule has 0 unspecified atom stereocenters. The molecule has 5 nitrogen and oxygen atoms in total. The Morgan fingerprint density at radius 3 is 2.96 bits per heavy atom. The highest BCUT2D eigenvalue weighted by atomic mass is 32.1. The number of rotatable bonds is 5. The zero-order valence-corrected chi connectivity index (χ0v) is 14.1. The zero-order valence-electron chi connectivity index (χ0n) is 13.3. The highest BCUT2D eigenvalue weighted by molar-refractivity contribution is 7.10. The molecule has 2 amide bonds. The summed E-state index contributed by atoms with van der Waals surface area (Å²) in [4.78, 5) is 19.9. The van der Waals surface area contributed by atoms with E-state index in [9.17, 15) is 4.79 Å². The molecule has 2 aromatic rings. The molecule has 0 aromatic carbocycles. The van der Waals surface area contributed by atoms with Crippen molar-refractivity contribution in [1.29, 1.82) is 0 Å². The molecule has 0 saturated carbocycles. The van der Waals surface area contributed by atoms with Crippen LogP contribution < -0.4 is 15.5 Å². The van der Waals surface area contributed by atoms with Crippen LogP contribution in [0.4, 0.5) is 10.6 Å². The summed E-state index contributed by atoms with van der Waals surface area (Å²) in [7, 11) is 0. The van der Waals surface area contributed by atoms with E-state index in [4.69, 9.17) is 0 Å². The Morgan fingerprint density at radius 2 is 2.22 bits per heavy atom. The van der Waals surface area contributed by atoms with E-state index < -0.39 is 0 Å². The Labute approximate surface area is 140 Å². The van der Waals surface area contributed by atoms with Crippen molar-refractivity contribution in [2.24, 2.45) is 0 Å². The molecule has 23 heavy (non-hydrogen) atoms. The number of nitrogens with one attached hydrogen (secondary N) is 2. The lowest BCUT2D eigenvalue weighted by Crippen LogP contribution is -2.36. The second-order valence-electron chi connectivity index (χ2n) is 5.78. The Morgan fingerprint density at radius 1 is 1.39 bits per heavy atom. The van der Waals surface area contributed by atoms with Gasteiger partial charge >= 0.3 is 6.03 Å². The second-order valence-corrected chi connectivity index (χ2v) is 6.76. The molecule has 3 heterocycles. The van der Waals surface area contributed by atoms with Crippen molar-refractivity contribution >= 4 is 23.2 Å². The van der Waals surface area contributed by atoms with Crippen molar-refractivity contribution in [2.75, 3.05) is 18.0 Å². The third-order valence-electron chi connectivity index (χ3n) is 4.01. The Balaban J connectivity index is 1.51. The first kappa shape index (κ1) is 15.8. The predicted molar refractivity (Wildman–Crippen MR) is 93.8 cm³/mol. The number of pyridine rings is 1. The fourth-order valence-corrected chi connectivity index (χ4v) is 3.46. The molecule has 2 aromatic heterocycles. The first-order valence-corrected chi connectivity index (χ1v) is 8.88. The van der Waals surface area contributed by atoms with E-state index in [1.54, 1.807) is 11.3 Å². The first-order chi connectivity index (χ1) is 11.2. The minimum Gasteiger partial charge on any atom is -0.357 e. The molecule has 0 aliphatic carbocycles. The molecule has 2 N–H and O–H groups in total. The van der Waals surface area contributed by atoms with Crippen molar-refractivity contribution in [1.82, 2.24) is 15.6 Å². The van der Waals surface area contributed by atoms with Crippen LogP contribution in [0.15, 0.2) is 35.8 Å². The Bertz CT molecular complexity index is 638. The number of amides is 2. The van der Waals surface area contributed by atoms with Gasteiger partial charge in [0.15, 0.2) is 0 Å². The predicted octanol–water partition coefficient (Wildman–Crippen LogP) is 3.30. The molecule has 122 valence electrons. The number of anilines is 1. The van der Waals surface area contributed by atoms with E-state index in [-0.39, 0.29) is 12.1 Å². The van der Waals surface area contributed by atoms with Crippen LogP contribution in [0.2, 0.25) is 0 Å². The lowest BCUT2D eigenvalue weighted by atomic mass is 10.2. The number of aromatic nitrogens is 1. The van der Waals surface area contributed by atoms with E-state index >= 15 is 0 Å². The van der Waals surface area contributed by atoms with E-state index in [0.29, 0.717) is 6.54 Å². The topological polar surface area (TPSA) is 57.3 Å². The van der Waals surface area contributed by atoms with Gasteiger partial charge in [-0.25, -0.2) is 9.78 Å². The number of thiophene rings is 1. The van der Waals surface area contributed by atoms with Gasteiger partial charge in [-0.05, 0) is 48.9 Å². The summed E-state index contributed by atoms with van der Waals surface area (Å²) < 4.78 is 0. The lowest BCUT2D eigenvalue weighted by Gasteiger charge is -2.17. The monoisotopic (exact) mass is 330 g/mol. The molecule has 1 saturated heterocycles. The molecular formula is C17H22N4OS. The number of hydrogen-bond donors (Lipinski definition) is 2. The zero-order chi connectivity index (χ0) is 16.1. The quantitative estimate of drug-likeness (QED) is 0.884. The van der Waals surface area contributed by atoms with E-state index in [1.807, 2.05) is 36.7 Å². The summed E-state index contributed by atoms with van der Waals surface area (Å²) in [6, 6.07) is 7.91. The molecule has 6 heteroatoms. The average molecular weight is 330 g/mol. The van der Waals surface area contributed by atoms with Crippen molar-refractivity contribution in [3.8, 4) is 0 Å². The van der Waals surface area contributed by atoms with Gasteiger partial charge in [-0.3, -0.25) is 0 Å². The van der Waals surface area contributed by atoms with Gasteiger partial charge in [-0.2, -0.15) is 0 Å². The van der Waals surface area contributed by atoms with Gasteiger partial charge in [0.25, 0.3) is 0 Å². The van der Waals surface area contributed by atoms with Gasteiger partial charge in [0.2, 0.25) is 0 Å². The molecule has 1 aliphatic heterocycles. The number of carbonyl (C=O) groups excluding carboxylic acids is 1. The molecule has 1 fully saturated rings. The molecule has 0 bridgehead atoms. The van der Waals surface area contributed by atoms with Crippen LogP contribution >= 0.6 is 11.3 Å². The summed E-state index contributed by atoms with van der Waals surface area (Å²) in [5.74, 6) is 1.01. The minimum absolute atomic E-state index is 0.0209. The van der Waals surface area contributed by atoms with Gasteiger partial charge in [0, 0.05) is 30.7 Å². The van der Waals surface area contributed by atoms with E-state index in [0.717, 1.165) is 29.3 Å². The molecule has 1 atom stereocenters. The maximum Gasteiger partial charge on any atom is 0.315 e. The molecule has 0 spiro atoms. The molecule has 3 rings (SSSR count). The maximum absolute atomic E-state index is 12.0. The highest BCUT2D eigenvalue weighted by Gasteiger charge is 2.14. The molecular weight excluding hydrogens is 308 g/mol. The van der Waals surface area contributed by atoms with Crippen LogP contribution in [0.1, 0.15) is 36.2 Å². The summed E-state index contributed by atoms with van der Waals surface area (Å²) in [5.41, 5.74) is 1.07. The fraction of sp³-hybridized carbons (Fsp3) is 0.412. The fourth-order valence-electron chi connectivity index (χ4n) is 2.73. The lowest BCUT2D eigenvalue weighted by molar-refractivity contribution is 0.237. The Kier molecular flexibility index (Phi) is 5.12. The normalized spacial score (nSPS) is 15.4. The van der Waals surface area contributed by atoms with Gasteiger partial charge in [0.05, 0.1) is 6.04 Å². The summed E-state index contributed by atoms with van der Waals surface area (Å²) >= 11 is 1.65. The highest BCUT2D eigenvalue weighted by Crippen LogP contribution is 2.19. The largest absolute Gasteiger partial charge is 0.357 e. The van der Waals surface area contributed by atoms with Gasteiger partial charge in [-0.15, -0.1) is 11.3 Å². The van der Waals surface area contributed by atoms with Crippen molar-refractivity contribution in [2.45, 2.75) is 32.4 Å².